The Morgan fingerprint density at radius 1 is 0.862 bits per heavy atom. The molecule has 1 heterocycles. The monoisotopic (exact) mass is 416 g/mol. The summed E-state index contributed by atoms with van der Waals surface area (Å²) in [6, 6.07) is 9.52. The van der Waals surface area contributed by atoms with Crippen molar-refractivity contribution in [3.63, 3.8) is 0 Å². The van der Waals surface area contributed by atoms with E-state index >= 15 is 0 Å². The van der Waals surface area contributed by atoms with E-state index < -0.39 is 23.5 Å². The van der Waals surface area contributed by atoms with E-state index in [2.05, 4.69) is 10.5 Å². The molecule has 1 saturated heterocycles. The maximum Gasteiger partial charge on any atom is 0.416 e. The van der Waals surface area contributed by atoms with E-state index in [1.807, 2.05) is 0 Å². The minimum absolute atomic E-state index is 0.0125. The van der Waals surface area contributed by atoms with E-state index in [1.165, 1.54) is 24.3 Å². The largest absolute Gasteiger partial charge is 0.416 e. The first kappa shape index (κ1) is 21.2. The van der Waals surface area contributed by atoms with Crippen LogP contribution in [0.2, 0.25) is 0 Å². The summed E-state index contributed by atoms with van der Waals surface area (Å²) in [7, 11) is 0. The molecule has 1 fully saturated rings. The van der Waals surface area contributed by atoms with E-state index in [9.17, 15) is 26.3 Å². The molecule has 3 rings (SSSR count). The van der Waals surface area contributed by atoms with Gasteiger partial charge in [0.2, 0.25) is 0 Å². The van der Waals surface area contributed by atoms with Crippen molar-refractivity contribution in [2.75, 3.05) is 13.1 Å². The van der Waals surface area contributed by atoms with E-state index in [-0.39, 0.29) is 12.5 Å². The van der Waals surface area contributed by atoms with Crippen LogP contribution in [0.5, 0.6) is 0 Å². The summed E-state index contributed by atoms with van der Waals surface area (Å²) in [5, 5.41) is 7.22. The summed E-state index contributed by atoms with van der Waals surface area (Å²) >= 11 is 0. The van der Waals surface area contributed by atoms with Crippen LogP contribution in [0, 0.1) is 0 Å². The zero-order chi connectivity index (χ0) is 21.1. The minimum Gasteiger partial charge on any atom is -0.391 e. The SMILES string of the molecule is FC(F)(F)c1ccc(CO/N=C2/CNCCC2c2ccc(C(F)(F)F)cc2)cc1. The van der Waals surface area contributed by atoms with Crippen molar-refractivity contribution in [3.8, 4) is 0 Å². The number of hydrogen-bond donors (Lipinski definition) is 1. The summed E-state index contributed by atoms with van der Waals surface area (Å²) in [4.78, 5) is 5.30. The van der Waals surface area contributed by atoms with E-state index in [1.54, 1.807) is 0 Å². The Bertz CT molecular complexity index is 841. The van der Waals surface area contributed by atoms with Gasteiger partial charge in [-0.05, 0) is 48.4 Å². The summed E-state index contributed by atoms with van der Waals surface area (Å²) in [6.07, 6.45) is -8.15. The van der Waals surface area contributed by atoms with Gasteiger partial charge in [0.15, 0.2) is 0 Å². The van der Waals surface area contributed by atoms with Crippen LogP contribution in [0.4, 0.5) is 26.3 Å². The van der Waals surface area contributed by atoms with Gasteiger partial charge in [-0.25, -0.2) is 0 Å². The van der Waals surface area contributed by atoms with Gasteiger partial charge >= 0.3 is 12.4 Å². The first-order valence-electron chi connectivity index (χ1n) is 8.87. The quantitative estimate of drug-likeness (QED) is 0.537. The third kappa shape index (κ3) is 5.50. The molecule has 1 aliphatic rings. The molecule has 0 amide bonds. The van der Waals surface area contributed by atoms with Gasteiger partial charge in [-0.2, -0.15) is 26.3 Å². The van der Waals surface area contributed by atoms with E-state index in [4.69, 9.17) is 4.84 Å². The van der Waals surface area contributed by atoms with Gasteiger partial charge in [0, 0.05) is 12.5 Å². The average Bonchev–Trinajstić information content (AvgIpc) is 2.67. The molecule has 3 nitrogen and oxygen atoms in total. The second-order valence-electron chi connectivity index (χ2n) is 6.69. The molecule has 0 aromatic heterocycles. The fourth-order valence-corrected chi connectivity index (χ4v) is 3.09. The predicted octanol–water partition coefficient (Wildman–Crippen LogP) is 5.37. The van der Waals surface area contributed by atoms with Crippen molar-refractivity contribution in [2.24, 2.45) is 5.16 Å². The molecule has 0 aliphatic carbocycles. The molecule has 0 radical (unpaired) electrons. The Labute approximate surface area is 163 Å². The van der Waals surface area contributed by atoms with Gasteiger partial charge in [-0.15, -0.1) is 0 Å². The van der Waals surface area contributed by atoms with Crippen LogP contribution in [-0.4, -0.2) is 18.8 Å². The van der Waals surface area contributed by atoms with Crippen LogP contribution in [0.15, 0.2) is 53.7 Å². The molecule has 1 atom stereocenters. The average molecular weight is 416 g/mol. The number of halogens is 6. The topological polar surface area (TPSA) is 33.6 Å². The number of alkyl halides is 6. The number of piperidine rings is 1. The molecule has 1 N–H and O–H groups in total. The van der Waals surface area contributed by atoms with Crippen LogP contribution in [0.25, 0.3) is 0 Å². The predicted molar refractivity (Wildman–Crippen MR) is 95.3 cm³/mol. The summed E-state index contributed by atoms with van der Waals surface area (Å²) in [6.45, 7) is 1.09. The van der Waals surface area contributed by atoms with Gasteiger partial charge in [0.25, 0.3) is 0 Å². The first-order valence-corrected chi connectivity index (χ1v) is 8.87. The van der Waals surface area contributed by atoms with Gasteiger partial charge in [-0.1, -0.05) is 29.4 Å². The molecule has 1 unspecified atom stereocenters. The highest BCUT2D eigenvalue weighted by Crippen LogP contribution is 2.32. The van der Waals surface area contributed by atoms with Crippen molar-refractivity contribution < 1.29 is 31.2 Å². The van der Waals surface area contributed by atoms with Crippen molar-refractivity contribution in [3.05, 3.63) is 70.8 Å². The molecule has 156 valence electrons. The smallest absolute Gasteiger partial charge is 0.391 e. The Morgan fingerprint density at radius 3 is 1.97 bits per heavy atom. The third-order valence-corrected chi connectivity index (χ3v) is 4.65. The van der Waals surface area contributed by atoms with Crippen LogP contribution < -0.4 is 5.32 Å². The summed E-state index contributed by atoms with van der Waals surface area (Å²) < 4.78 is 76.0. The second kappa shape index (κ2) is 8.44. The lowest BCUT2D eigenvalue weighted by atomic mass is 9.88. The maximum atomic E-state index is 12.7. The maximum absolute atomic E-state index is 12.7. The number of rotatable bonds is 4. The summed E-state index contributed by atoms with van der Waals surface area (Å²) in [5.74, 6) is -0.189. The van der Waals surface area contributed by atoms with E-state index in [0.717, 1.165) is 24.3 Å². The number of nitrogens with one attached hydrogen (secondary N) is 1. The molecule has 2 aromatic carbocycles. The van der Waals surface area contributed by atoms with Gasteiger partial charge in [0.05, 0.1) is 16.8 Å². The molecule has 29 heavy (non-hydrogen) atoms. The Morgan fingerprint density at radius 2 is 1.41 bits per heavy atom. The van der Waals surface area contributed by atoms with Crippen molar-refractivity contribution in [1.82, 2.24) is 5.32 Å². The Balaban J connectivity index is 1.67. The Kier molecular flexibility index (Phi) is 6.16. The van der Waals surface area contributed by atoms with Crippen molar-refractivity contribution >= 4 is 5.71 Å². The lowest BCUT2D eigenvalue weighted by Gasteiger charge is -2.25. The zero-order valence-corrected chi connectivity index (χ0v) is 15.1. The number of oxime groups is 1. The first-order chi connectivity index (χ1) is 13.6. The van der Waals surface area contributed by atoms with Crippen molar-refractivity contribution in [1.29, 1.82) is 0 Å². The molecule has 0 spiro atoms. The number of hydrogen-bond acceptors (Lipinski definition) is 3. The molecule has 1 aliphatic heterocycles. The van der Waals surface area contributed by atoms with Crippen LogP contribution in [0.3, 0.4) is 0 Å². The minimum atomic E-state index is -4.40. The number of nitrogens with zero attached hydrogens (tertiary/aromatic N) is 1. The molecule has 2 aromatic rings. The number of benzene rings is 2. The molecule has 9 heteroatoms. The fraction of sp³-hybridized carbons (Fsp3) is 0.350. The highest BCUT2D eigenvalue weighted by Gasteiger charge is 2.31. The Hall–Kier alpha value is -2.55. The fourth-order valence-electron chi connectivity index (χ4n) is 3.09. The normalized spacial score (nSPS) is 19.4. The summed E-state index contributed by atoms with van der Waals surface area (Å²) in [5.41, 5.74) is 0.398. The standard InChI is InChI=1S/C20H18F6N2O/c21-19(22,23)15-5-1-13(2-6-15)12-29-28-18-11-27-10-9-17(18)14-3-7-16(8-4-14)20(24,25)26/h1-8,17,27H,9-12H2/b28-18-. The van der Waals surface area contributed by atoms with Gasteiger partial charge < -0.3 is 10.2 Å². The van der Waals surface area contributed by atoms with Gasteiger partial charge in [-0.3, -0.25) is 0 Å². The van der Waals surface area contributed by atoms with Gasteiger partial charge in [0.1, 0.15) is 6.61 Å². The molecule has 0 saturated carbocycles. The van der Waals surface area contributed by atoms with Crippen LogP contribution >= 0.6 is 0 Å². The zero-order valence-electron chi connectivity index (χ0n) is 15.1. The van der Waals surface area contributed by atoms with E-state index in [0.29, 0.717) is 36.3 Å². The highest BCUT2D eigenvalue weighted by molar-refractivity contribution is 5.93. The second-order valence-corrected chi connectivity index (χ2v) is 6.69. The lowest BCUT2D eigenvalue weighted by Crippen LogP contribution is -2.36. The molecular formula is C20H18F6N2O. The third-order valence-electron chi connectivity index (χ3n) is 4.65. The molecular weight excluding hydrogens is 398 g/mol. The lowest BCUT2D eigenvalue weighted by molar-refractivity contribution is -0.138. The molecule has 0 bridgehead atoms. The van der Waals surface area contributed by atoms with Crippen molar-refractivity contribution in [2.45, 2.75) is 31.3 Å². The van der Waals surface area contributed by atoms with Crippen LogP contribution in [0.1, 0.15) is 34.6 Å². The highest BCUT2D eigenvalue weighted by atomic mass is 19.4. The van der Waals surface area contributed by atoms with Crippen LogP contribution in [-0.2, 0) is 23.8 Å².